The van der Waals surface area contributed by atoms with Crippen LogP contribution in [0.5, 0.6) is 5.75 Å². The summed E-state index contributed by atoms with van der Waals surface area (Å²) in [5.41, 5.74) is 1.14. The van der Waals surface area contributed by atoms with Crippen molar-refractivity contribution >= 4 is 9.84 Å². The van der Waals surface area contributed by atoms with Crippen molar-refractivity contribution in [3.8, 4) is 5.75 Å². The molecule has 2 atom stereocenters. The minimum Gasteiger partial charge on any atom is -0.494 e. The third kappa shape index (κ3) is 4.45. The van der Waals surface area contributed by atoms with Gasteiger partial charge in [-0.25, -0.2) is 8.42 Å². The zero-order valence-corrected chi connectivity index (χ0v) is 13.7. The maximum absolute atomic E-state index is 11.7. The van der Waals surface area contributed by atoms with E-state index < -0.39 is 9.84 Å². The Morgan fingerprint density at radius 2 is 2.00 bits per heavy atom. The average Bonchev–Trinajstić information content (AvgIpc) is 2.83. The Balaban J connectivity index is 2.11. The van der Waals surface area contributed by atoms with Crippen LogP contribution in [0.1, 0.15) is 38.3 Å². The van der Waals surface area contributed by atoms with Crippen LogP contribution in [-0.4, -0.2) is 33.1 Å². The molecule has 1 aromatic carbocycles. The van der Waals surface area contributed by atoms with Crippen molar-refractivity contribution in [2.75, 3.05) is 24.7 Å². The maximum Gasteiger partial charge on any atom is 0.150 e. The monoisotopic (exact) mass is 311 g/mol. The van der Waals surface area contributed by atoms with Crippen LogP contribution < -0.4 is 10.1 Å². The van der Waals surface area contributed by atoms with E-state index in [1.165, 1.54) is 0 Å². The lowest BCUT2D eigenvalue weighted by molar-refractivity contribution is 0.317. The Morgan fingerprint density at radius 3 is 2.52 bits per heavy atom. The second-order valence-electron chi connectivity index (χ2n) is 5.62. The molecule has 5 heteroatoms. The molecule has 4 nitrogen and oxygen atoms in total. The lowest BCUT2D eigenvalue weighted by atomic mass is 9.92. The standard InChI is InChI=1S/C16H25NO3S/c1-3-10-20-15-7-5-13(6-8-15)16(17-4-2)14-9-11-21(18,19)12-14/h5-8,14,16-17H,3-4,9-12H2,1-2H3. The van der Waals surface area contributed by atoms with Crippen LogP contribution in [0, 0.1) is 5.92 Å². The highest BCUT2D eigenvalue weighted by Crippen LogP contribution is 2.32. The van der Waals surface area contributed by atoms with Crippen LogP contribution in [0.3, 0.4) is 0 Å². The van der Waals surface area contributed by atoms with E-state index in [2.05, 4.69) is 19.2 Å². The molecule has 0 spiro atoms. The molecule has 2 unspecified atom stereocenters. The van der Waals surface area contributed by atoms with Crippen LogP contribution in [0.4, 0.5) is 0 Å². The van der Waals surface area contributed by atoms with Gasteiger partial charge in [-0.2, -0.15) is 0 Å². The number of hydrogen-bond acceptors (Lipinski definition) is 4. The first-order valence-corrected chi connectivity index (χ1v) is 9.54. The van der Waals surface area contributed by atoms with Crippen LogP contribution >= 0.6 is 0 Å². The summed E-state index contributed by atoms with van der Waals surface area (Å²) >= 11 is 0. The molecule has 0 aromatic heterocycles. The number of ether oxygens (including phenoxy) is 1. The quantitative estimate of drug-likeness (QED) is 0.841. The molecule has 0 aliphatic carbocycles. The zero-order chi connectivity index (χ0) is 15.3. The normalized spacial score (nSPS) is 22.1. The molecular formula is C16H25NO3S. The van der Waals surface area contributed by atoms with Crippen LogP contribution in [0.25, 0.3) is 0 Å². The van der Waals surface area contributed by atoms with E-state index in [0.717, 1.165) is 37.3 Å². The fourth-order valence-corrected chi connectivity index (χ4v) is 4.69. The molecule has 1 aliphatic rings. The summed E-state index contributed by atoms with van der Waals surface area (Å²) in [4.78, 5) is 0. The first-order chi connectivity index (χ1) is 10.1. The predicted octanol–water partition coefficient (Wildman–Crippen LogP) is 2.56. The molecule has 1 saturated heterocycles. The summed E-state index contributed by atoms with van der Waals surface area (Å²) in [5, 5.41) is 3.44. The third-order valence-electron chi connectivity index (χ3n) is 3.88. The van der Waals surface area contributed by atoms with Crippen molar-refractivity contribution in [2.45, 2.75) is 32.7 Å². The zero-order valence-electron chi connectivity index (χ0n) is 12.8. The molecule has 0 bridgehead atoms. The Morgan fingerprint density at radius 1 is 1.29 bits per heavy atom. The average molecular weight is 311 g/mol. The molecule has 1 N–H and O–H groups in total. The molecule has 0 amide bonds. The van der Waals surface area contributed by atoms with Gasteiger partial charge in [0.1, 0.15) is 5.75 Å². The number of rotatable bonds is 7. The summed E-state index contributed by atoms with van der Waals surface area (Å²) in [7, 11) is -2.85. The molecule has 1 heterocycles. The van der Waals surface area contributed by atoms with Gasteiger partial charge in [0, 0.05) is 6.04 Å². The van der Waals surface area contributed by atoms with Crippen molar-refractivity contribution in [3.63, 3.8) is 0 Å². The Labute approximate surface area is 127 Å². The molecule has 1 aliphatic heterocycles. The van der Waals surface area contributed by atoms with E-state index in [9.17, 15) is 8.42 Å². The molecule has 0 saturated carbocycles. The first kappa shape index (κ1) is 16.3. The fourth-order valence-electron chi connectivity index (χ4n) is 2.85. The Hall–Kier alpha value is -1.07. The SMILES string of the molecule is CCCOc1ccc(C(NCC)C2CCS(=O)(=O)C2)cc1. The highest BCUT2D eigenvalue weighted by molar-refractivity contribution is 7.91. The van der Waals surface area contributed by atoms with Gasteiger partial charge in [-0.05, 0) is 43.0 Å². The van der Waals surface area contributed by atoms with Gasteiger partial charge in [0.2, 0.25) is 0 Å². The number of sulfone groups is 1. The van der Waals surface area contributed by atoms with Gasteiger partial charge >= 0.3 is 0 Å². The number of benzene rings is 1. The maximum atomic E-state index is 11.7. The summed E-state index contributed by atoms with van der Waals surface area (Å²) in [6.07, 6.45) is 1.73. The van der Waals surface area contributed by atoms with Gasteiger partial charge in [-0.3, -0.25) is 0 Å². The van der Waals surface area contributed by atoms with E-state index in [1.807, 2.05) is 24.3 Å². The van der Waals surface area contributed by atoms with E-state index in [1.54, 1.807) is 0 Å². The van der Waals surface area contributed by atoms with E-state index >= 15 is 0 Å². The molecule has 1 aromatic rings. The molecule has 1 fully saturated rings. The molecule has 118 valence electrons. The smallest absolute Gasteiger partial charge is 0.150 e. The summed E-state index contributed by atoms with van der Waals surface area (Å²) in [6, 6.07) is 8.14. The Kier molecular flexibility index (Phi) is 5.65. The minimum absolute atomic E-state index is 0.104. The highest BCUT2D eigenvalue weighted by Gasteiger charge is 2.34. The van der Waals surface area contributed by atoms with Crippen LogP contribution in [0.2, 0.25) is 0 Å². The summed E-state index contributed by atoms with van der Waals surface area (Å²) in [5.74, 6) is 1.64. The van der Waals surface area contributed by atoms with E-state index in [4.69, 9.17) is 4.74 Å². The van der Waals surface area contributed by atoms with E-state index in [0.29, 0.717) is 11.5 Å². The lowest BCUT2D eigenvalue weighted by Gasteiger charge is -2.24. The lowest BCUT2D eigenvalue weighted by Crippen LogP contribution is -2.29. The molecule has 21 heavy (non-hydrogen) atoms. The van der Waals surface area contributed by atoms with Crippen molar-refractivity contribution in [1.29, 1.82) is 0 Å². The van der Waals surface area contributed by atoms with Gasteiger partial charge in [-0.15, -0.1) is 0 Å². The van der Waals surface area contributed by atoms with Gasteiger partial charge in [0.15, 0.2) is 9.84 Å². The van der Waals surface area contributed by atoms with Gasteiger partial charge in [0.05, 0.1) is 18.1 Å². The summed E-state index contributed by atoms with van der Waals surface area (Å²) in [6.45, 7) is 5.68. The fraction of sp³-hybridized carbons (Fsp3) is 0.625. The molecular weight excluding hydrogens is 286 g/mol. The second-order valence-corrected chi connectivity index (χ2v) is 7.84. The van der Waals surface area contributed by atoms with Crippen molar-refractivity contribution in [3.05, 3.63) is 29.8 Å². The topological polar surface area (TPSA) is 55.4 Å². The minimum atomic E-state index is -2.85. The summed E-state index contributed by atoms with van der Waals surface area (Å²) < 4.78 is 29.0. The van der Waals surface area contributed by atoms with E-state index in [-0.39, 0.29) is 12.0 Å². The third-order valence-corrected chi connectivity index (χ3v) is 5.67. The van der Waals surface area contributed by atoms with Gasteiger partial charge in [0.25, 0.3) is 0 Å². The number of hydrogen-bond donors (Lipinski definition) is 1. The van der Waals surface area contributed by atoms with Crippen molar-refractivity contribution in [2.24, 2.45) is 5.92 Å². The van der Waals surface area contributed by atoms with Crippen molar-refractivity contribution in [1.82, 2.24) is 5.32 Å². The van der Waals surface area contributed by atoms with Gasteiger partial charge in [-0.1, -0.05) is 26.0 Å². The predicted molar refractivity (Wildman–Crippen MR) is 85.4 cm³/mol. The van der Waals surface area contributed by atoms with Gasteiger partial charge < -0.3 is 10.1 Å². The second kappa shape index (κ2) is 7.27. The van der Waals surface area contributed by atoms with Crippen LogP contribution in [-0.2, 0) is 9.84 Å². The van der Waals surface area contributed by atoms with Crippen LogP contribution in [0.15, 0.2) is 24.3 Å². The largest absolute Gasteiger partial charge is 0.494 e. The Bertz CT molecular complexity index is 539. The first-order valence-electron chi connectivity index (χ1n) is 7.72. The highest BCUT2D eigenvalue weighted by atomic mass is 32.2. The molecule has 2 rings (SSSR count). The molecule has 0 radical (unpaired) electrons. The van der Waals surface area contributed by atoms with Crippen molar-refractivity contribution < 1.29 is 13.2 Å². The number of nitrogens with one attached hydrogen (secondary N) is 1.